The third kappa shape index (κ3) is 3.89. The summed E-state index contributed by atoms with van der Waals surface area (Å²) in [5.41, 5.74) is 0.161. The van der Waals surface area contributed by atoms with Crippen molar-refractivity contribution >= 4 is 34.3 Å². The van der Waals surface area contributed by atoms with Crippen LogP contribution in [0.5, 0.6) is 0 Å². The molecule has 2 heterocycles. The van der Waals surface area contributed by atoms with Crippen LogP contribution in [0.25, 0.3) is 0 Å². The lowest BCUT2D eigenvalue weighted by atomic mass is 10.4. The van der Waals surface area contributed by atoms with E-state index in [1.54, 1.807) is 0 Å². The molecule has 0 aromatic carbocycles. The summed E-state index contributed by atoms with van der Waals surface area (Å²) in [6.45, 7) is 1.39. The van der Waals surface area contributed by atoms with Crippen LogP contribution in [0.1, 0.15) is 33.7 Å². The van der Waals surface area contributed by atoms with Gasteiger partial charge in [-0.15, -0.1) is 11.3 Å². The van der Waals surface area contributed by atoms with Crippen LogP contribution in [0.3, 0.4) is 0 Å². The van der Waals surface area contributed by atoms with Gasteiger partial charge in [-0.2, -0.15) is 0 Å². The third-order valence-corrected chi connectivity index (χ3v) is 3.07. The van der Waals surface area contributed by atoms with Gasteiger partial charge < -0.3 is 20.2 Å². The molecule has 3 N–H and O–H groups in total. The maximum Gasteiger partial charge on any atom is 0.371 e. The highest BCUT2D eigenvalue weighted by atomic mass is 32.1. The van der Waals surface area contributed by atoms with Crippen molar-refractivity contribution in [2.24, 2.45) is 0 Å². The first-order chi connectivity index (χ1) is 9.95. The molecule has 0 aliphatic rings. The number of nitrogens with one attached hydrogen (secondary N) is 2. The standard InChI is InChI=1S/C12H11N3O5S/c1-6(16)14-12-15-8(5-21-12)10(17)13-4-7-2-3-9(20-7)11(18)19/h2-3,5H,4H2,1H3,(H,13,17)(H,18,19)(H,14,15,16). The Bertz CT molecular complexity index is 691. The average molecular weight is 309 g/mol. The van der Waals surface area contributed by atoms with Gasteiger partial charge in [0, 0.05) is 12.3 Å². The van der Waals surface area contributed by atoms with Crippen molar-refractivity contribution in [3.63, 3.8) is 0 Å². The lowest BCUT2D eigenvalue weighted by Crippen LogP contribution is -2.23. The highest BCUT2D eigenvalue weighted by Crippen LogP contribution is 2.15. The Balaban J connectivity index is 1.93. The van der Waals surface area contributed by atoms with Gasteiger partial charge in [0.05, 0.1) is 6.54 Å². The van der Waals surface area contributed by atoms with Crippen LogP contribution < -0.4 is 10.6 Å². The molecule has 110 valence electrons. The first kappa shape index (κ1) is 14.7. The molecule has 9 heteroatoms. The number of anilines is 1. The summed E-state index contributed by atoms with van der Waals surface area (Å²) in [5.74, 6) is -1.77. The highest BCUT2D eigenvalue weighted by molar-refractivity contribution is 7.14. The van der Waals surface area contributed by atoms with E-state index in [4.69, 9.17) is 9.52 Å². The monoisotopic (exact) mass is 309 g/mol. The lowest BCUT2D eigenvalue weighted by molar-refractivity contribution is -0.114. The summed E-state index contributed by atoms with van der Waals surface area (Å²) in [4.78, 5) is 37.3. The minimum atomic E-state index is -1.17. The Morgan fingerprint density at radius 2 is 2.14 bits per heavy atom. The number of carboxylic acids is 1. The smallest absolute Gasteiger partial charge is 0.371 e. The van der Waals surface area contributed by atoms with Crippen molar-refractivity contribution in [1.82, 2.24) is 10.3 Å². The number of carbonyl (C=O) groups excluding carboxylic acids is 2. The van der Waals surface area contributed by atoms with Crippen molar-refractivity contribution < 1.29 is 23.9 Å². The average Bonchev–Trinajstić information content (AvgIpc) is 3.04. The normalized spacial score (nSPS) is 10.1. The summed E-state index contributed by atoms with van der Waals surface area (Å²) in [6, 6.07) is 2.77. The third-order valence-electron chi connectivity index (χ3n) is 2.32. The summed E-state index contributed by atoms with van der Waals surface area (Å²) in [7, 11) is 0. The molecular formula is C12H11N3O5S. The van der Waals surface area contributed by atoms with E-state index in [-0.39, 0.29) is 23.9 Å². The molecule has 2 aromatic heterocycles. The van der Waals surface area contributed by atoms with E-state index in [2.05, 4.69) is 15.6 Å². The summed E-state index contributed by atoms with van der Waals surface area (Å²) in [5, 5.41) is 15.6. The van der Waals surface area contributed by atoms with Crippen molar-refractivity contribution in [3.05, 3.63) is 34.7 Å². The molecule has 8 nitrogen and oxygen atoms in total. The minimum absolute atomic E-state index is 0.0408. The first-order valence-corrected chi connectivity index (χ1v) is 6.67. The van der Waals surface area contributed by atoms with Crippen LogP contribution in [-0.2, 0) is 11.3 Å². The van der Waals surface area contributed by atoms with Gasteiger partial charge in [0.2, 0.25) is 11.7 Å². The first-order valence-electron chi connectivity index (χ1n) is 5.79. The molecule has 0 bridgehead atoms. The second kappa shape index (κ2) is 6.18. The number of furan rings is 1. The number of thiazole rings is 1. The van der Waals surface area contributed by atoms with E-state index in [0.29, 0.717) is 10.9 Å². The molecule has 0 saturated heterocycles. The Morgan fingerprint density at radius 1 is 1.38 bits per heavy atom. The number of hydrogen-bond acceptors (Lipinski definition) is 6. The molecule has 21 heavy (non-hydrogen) atoms. The fraction of sp³-hybridized carbons (Fsp3) is 0.167. The molecule has 0 radical (unpaired) electrons. The van der Waals surface area contributed by atoms with E-state index >= 15 is 0 Å². The second-order valence-corrected chi connectivity index (χ2v) is 4.83. The molecule has 0 atom stereocenters. The van der Waals surface area contributed by atoms with E-state index < -0.39 is 11.9 Å². The number of carboxylic acid groups (broad SMARTS) is 1. The summed E-state index contributed by atoms with van der Waals surface area (Å²) >= 11 is 1.13. The molecule has 2 aromatic rings. The van der Waals surface area contributed by atoms with Crippen LogP contribution in [0.15, 0.2) is 21.9 Å². The van der Waals surface area contributed by atoms with Gasteiger partial charge in [-0.05, 0) is 12.1 Å². The van der Waals surface area contributed by atoms with Gasteiger partial charge >= 0.3 is 5.97 Å². The SMILES string of the molecule is CC(=O)Nc1nc(C(=O)NCc2ccc(C(=O)O)o2)cs1. The summed E-state index contributed by atoms with van der Waals surface area (Å²) in [6.07, 6.45) is 0. The molecule has 0 aliphatic carbocycles. The van der Waals surface area contributed by atoms with Crippen LogP contribution in [0.4, 0.5) is 5.13 Å². The zero-order valence-corrected chi connectivity index (χ0v) is 11.7. The molecule has 2 rings (SSSR count). The van der Waals surface area contributed by atoms with Gasteiger partial charge in [-0.1, -0.05) is 0 Å². The van der Waals surface area contributed by atoms with Crippen LogP contribution in [-0.4, -0.2) is 27.9 Å². The number of aromatic carboxylic acids is 1. The molecule has 0 unspecified atom stereocenters. The summed E-state index contributed by atoms with van der Waals surface area (Å²) < 4.78 is 5.00. The fourth-order valence-corrected chi connectivity index (χ4v) is 2.17. The largest absolute Gasteiger partial charge is 0.475 e. The number of hydrogen-bond donors (Lipinski definition) is 3. The van der Waals surface area contributed by atoms with Crippen molar-refractivity contribution in [2.45, 2.75) is 13.5 Å². The van der Waals surface area contributed by atoms with Crippen LogP contribution in [0, 0.1) is 0 Å². The predicted octanol–water partition coefficient (Wildman–Crippen LogP) is 1.32. The van der Waals surface area contributed by atoms with Gasteiger partial charge in [-0.3, -0.25) is 9.59 Å². The quantitative estimate of drug-likeness (QED) is 0.766. The maximum absolute atomic E-state index is 11.8. The predicted molar refractivity (Wildman–Crippen MR) is 73.3 cm³/mol. The lowest BCUT2D eigenvalue weighted by Gasteiger charge is -2.00. The highest BCUT2D eigenvalue weighted by Gasteiger charge is 2.13. The Kier molecular flexibility index (Phi) is 4.33. The van der Waals surface area contributed by atoms with Gasteiger partial charge in [-0.25, -0.2) is 9.78 Å². The van der Waals surface area contributed by atoms with Crippen LogP contribution in [0.2, 0.25) is 0 Å². The Morgan fingerprint density at radius 3 is 2.76 bits per heavy atom. The molecule has 0 saturated carbocycles. The van der Waals surface area contributed by atoms with E-state index in [0.717, 1.165) is 11.3 Å². The fourth-order valence-electron chi connectivity index (χ4n) is 1.43. The van der Waals surface area contributed by atoms with Crippen molar-refractivity contribution in [2.75, 3.05) is 5.32 Å². The zero-order chi connectivity index (χ0) is 15.4. The molecular weight excluding hydrogens is 298 g/mol. The number of nitrogens with zero attached hydrogens (tertiary/aromatic N) is 1. The van der Waals surface area contributed by atoms with Gasteiger partial charge in [0.15, 0.2) is 5.13 Å². The number of rotatable bonds is 5. The molecule has 0 fully saturated rings. The van der Waals surface area contributed by atoms with Crippen molar-refractivity contribution in [1.29, 1.82) is 0 Å². The minimum Gasteiger partial charge on any atom is -0.475 e. The number of aromatic nitrogens is 1. The van der Waals surface area contributed by atoms with E-state index in [1.807, 2.05) is 0 Å². The van der Waals surface area contributed by atoms with E-state index in [1.165, 1.54) is 24.4 Å². The zero-order valence-electron chi connectivity index (χ0n) is 10.9. The van der Waals surface area contributed by atoms with E-state index in [9.17, 15) is 14.4 Å². The Hall–Kier alpha value is -2.68. The van der Waals surface area contributed by atoms with Gasteiger partial charge in [0.25, 0.3) is 5.91 Å². The maximum atomic E-state index is 11.8. The second-order valence-electron chi connectivity index (χ2n) is 3.97. The molecule has 0 aliphatic heterocycles. The van der Waals surface area contributed by atoms with Crippen LogP contribution >= 0.6 is 11.3 Å². The Labute approximate surface area is 122 Å². The number of amides is 2. The number of carbonyl (C=O) groups is 3. The topological polar surface area (TPSA) is 122 Å². The van der Waals surface area contributed by atoms with Gasteiger partial charge in [0.1, 0.15) is 11.5 Å². The molecule has 2 amide bonds. The van der Waals surface area contributed by atoms with Crippen molar-refractivity contribution in [3.8, 4) is 0 Å². The molecule has 0 spiro atoms.